The highest BCUT2D eigenvalue weighted by Crippen LogP contribution is 2.28. The second-order valence-corrected chi connectivity index (χ2v) is 8.37. The van der Waals surface area contributed by atoms with Gasteiger partial charge in [-0.3, -0.25) is 9.59 Å². The quantitative estimate of drug-likeness (QED) is 0.336. The molecule has 29 heavy (non-hydrogen) atoms. The summed E-state index contributed by atoms with van der Waals surface area (Å²) in [6.45, 7) is 1.53. The lowest BCUT2D eigenvalue weighted by Gasteiger charge is -2.15. The van der Waals surface area contributed by atoms with Gasteiger partial charge in [0.2, 0.25) is 0 Å². The van der Waals surface area contributed by atoms with E-state index in [1.165, 1.54) is 11.8 Å². The van der Waals surface area contributed by atoms with E-state index in [0.717, 1.165) is 20.5 Å². The summed E-state index contributed by atoms with van der Waals surface area (Å²) in [4.78, 5) is 43.5. The molecule has 1 aromatic heterocycles. The number of ether oxygens (including phenoxy) is 1. The number of hydrogen-bond acceptors (Lipinski definition) is 7. The molecule has 0 spiro atoms. The molecule has 0 aliphatic carbocycles. The van der Waals surface area contributed by atoms with Gasteiger partial charge in [-0.25, -0.2) is 14.7 Å². The highest BCUT2D eigenvalue weighted by atomic mass is 32.2. The number of esters is 1. The number of carbonyl (C=O) groups excluding carboxylic acids is 3. The fourth-order valence-corrected chi connectivity index (χ4v) is 4.60. The summed E-state index contributed by atoms with van der Waals surface area (Å²) in [6.07, 6.45) is 0. The average Bonchev–Trinajstić information content (AvgIpc) is 3.26. The van der Waals surface area contributed by atoms with Crippen LogP contribution in [0.2, 0.25) is 0 Å². The number of thiazole rings is 1. The molecule has 8 heteroatoms. The second-order valence-electron chi connectivity index (χ2n) is 6.29. The van der Waals surface area contributed by atoms with E-state index in [1.54, 1.807) is 47.7 Å². The van der Waals surface area contributed by atoms with Crippen molar-refractivity contribution in [3.8, 4) is 0 Å². The lowest BCUT2D eigenvalue weighted by atomic mass is 10.1. The standard InChI is InChI=1S/C21H16N2O4S2/c1-13-22-14(10-28-13)11-29-18-9-5-4-8-17(18)21(26)27-12-23-19(24)15-6-2-3-7-16(15)20(23)25/h2-10H,11-12H2,1H3. The van der Waals surface area contributed by atoms with Gasteiger partial charge in [0.1, 0.15) is 0 Å². The van der Waals surface area contributed by atoms with Crippen LogP contribution < -0.4 is 0 Å². The van der Waals surface area contributed by atoms with Crippen molar-refractivity contribution in [2.75, 3.05) is 6.73 Å². The van der Waals surface area contributed by atoms with Gasteiger partial charge in [-0.1, -0.05) is 24.3 Å². The molecule has 146 valence electrons. The third-order valence-electron chi connectivity index (χ3n) is 4.35. The molecule has 2 amide bonds. The summed E-state index contributed by atoms with van der Waals surface area (Å²) in [5, 5.41) is 2.99. The molecular formula is C21H16N2O4S2. The molecule has 0 unspecified atom stereocenters. The Labute approximate surface area is 175 Å². The number of carbonyl (C=O) groups is 3. The maximum Gasteiger partial charge on any atom is 0.341 e. The highest BCUT2D eigenvalue weighted by Gasteiger charge is 2.35. The van der Waals surface area contributed by atoms with Crippen LogP contribution in [0.4, 0.5) is 0 Å². The molecule has 2 heterocycles. The Morgan fingerprint density at radius 2 is 1.72 bits per heavy atom. The minimum Gasteiger partial charge on any atom is -0.440 e. The number of rotatable bonds is 6. The van der Waals surface area contributed by atoms with Gasteiger partial charge in [0.15, 0.2) is 6.73 Å². The molecule has 0 saturated heterocycles. The van der Waals surface area contributed by atoms with Crippen LogP contribution in [0.15, 0.2) is 58.8 Å². The summed E-state index contributed by atoms with van der Waals surface area (Å²) >= 11 is 3.07. The van der Waals surface area contributed by atoms with Gasteiger partial charge < -0.3 is 4.74 Å². The van der Waals surface area contributed by atoms with Crippen LogP contribution in [0.3, 0.4) is 0 Å². The molecule has 1 aliphatic rings. The minimum atomic E-state index is -0.584. The Kier molecular flexibility index (Phi) is 5.46. The molecule has 0 saturated carbocycles. The zero-order valence-electron chi connectivity index (χ0n) is 15.5. The second kappa shape index (κ2) is 8.18. The smallest absolute Gasteiger partial charge is 0.341 e. The van der Waals surface area contributed by atoms with E-state index in [9.17, 15) is 14.4 Å². The SMILES string of the molecule is Cc1nc(CSc2ccccc2C(=O)OCN2C(=O)c3ccccc3C2=O)cs1. The fourth-order valence-electron chi connectivity index (χ4n) is 2.94. The Hall–Kier alpha value is -2.97. The van der Waals surface area contributed by atoms with Crippen molar-refractivity contribution in [2.24, 2.45) is 0 Å². The van der Waals surface area contributed by atoms with E-state index in [1.807, 2.05) is 24.4 Å². The molecule has 6 nitrogen and oxygen atoms in total. The van der Waals surface area contributed by atoms with E-state index < -0.39 is 24.5 Å². The molecule has 0 N–H and O–H groups in total. The number of nitrogens with zero attached hydrogens (tertiary/aromatic N) is 2. The van der Waals surface area contributed by atoms with Crippen molar-refractivity contribution in [2.45, 2.75) is 17.6 Å². The molecular weight excluding hydrogens is 408 g/mol. The Bertz CT molecular complexity index is 1070. The first-order chi connectivity index (χ1) is 14.0. The third-order valence-corrected chi connectivity index (χ3v) is 6.28. The lowest BCUT2D eigenvalue weighted by molar-refractivity contribution is 0.0225. The average molecular weight is 425 g/mol. The van der Waals surface area contributed by atoms with E-state index in [4.69, 9.17) is 4.74 Å². The number of benzene rings is 2. The van der Waals surface area contributed by atoms with Crippen LogP contribution in [-0.2, 0) is 10.5 Å². The summed E-state index contributed by atoms with van der Waals surface area (Å²) in [5.41, 5.74) is 1.99. The van der Waals surface area contributed by atoms with Crippen molar-refractivity contribution in [3.63, 3.8) is 0 Å². The molecule has 2 aromatic carbocycles. The van der Waals surface area contributed by atoms with E-state index in [0.29, 0.717) is 22.4 Å². The van der Waals surface area contributed by atoms with E-state index >= 15 is 0 Å². The zero-order valence-corrected chi connectivity index (χ0v) is 17.1. The summed E-state index contributed by atoms with van der Waals surface area (Å²) in [5.74, 6) is -0.869. The predicted octanol–water partition coefficient (Wildman–Crippen LogP) is 4.15. The van der Waals surface area contributed by atoms with Crippen molar-refractivity contribution < 1.29 is 19.1 Å². The molecule has 0 fully saturated rings. The number of aryl methyl sites for hydroxylation is 1. The van der Waals surface area contributed by atoms with Crippen LogP contribution in [0.5, 0.6) is 0 Å². The van der Waals surface area contributed by atoms with E-state index in [-0.39, 0.29) is 0 Å². The normalized spacial score (nSPS) is 12.9. The Morgan fingerprint density at radius 3 is 2.38 bits per heavy atom. The minimum absolute atomic E-state index is 0.322. The fraction of sp³-hybridized carbons (Fsp3) is 0.143. The van der Waals surface area contributed by atoms with Crippen LogP contribution in [0.1, 0.15) is 41.8 Å². The van der Waals surface area contributed by atoms with Gasteiger partial charge >= 0.3 is 5.97 Å². The number of imide groups is 1. The Balaban J connectivity index is 1.43. The zero-order chi connectivity index (χ0) is 20.4. The maximum atomic E-state index is 12.6. The van der Waals surface area contributed by atoms with Gasteiger partial charge in [-0.2, -0.15) is 0 Å². The molecule has 1 aliphatic heterocycles. The van der Waals surface area contributed by atoms with Crippen molar-refractivity contribution in [1.29, 1.82) is 0 Å². The largest absolute Gasteiger partial charge is 0.440 e. The monoisotopic (exact) mass is 424 g/mol. The maximum absolute atomic E-state index is 12.6. The summed E-state index contributed by atoms with van der Waals surface area (Å²) < 4.78 is 5.30. The van der Waals surface area contributed by atoms with Crippen molar-refractivity contribution in [3.05, 3.63) is 81.3 Å². The predicted molar refractivity (Wildman–Crippen MR) is 110 cm³/mol. The lowest BCUT2D eigenvalue weighted by Crippen LogP contribution is -2.33. The van der Waals surface area contributed by atoms with Gasteiger partial charge in [-0.15, -0.1) is 23.1 Å². The molecule has 0 bridgehead atoms. The topological polar surface area (TPSA) is 76.6 Å². The first-order valence-electron chi connectivity index (χ1n) is 8.80. The third kappa shape index (κ3) is 3.94. The van der Waals surface area contributed by atoms with Crippen LogP contribution in [0.25, 0.3) is 0 Å². The molecule has 3 aromatic rings. The van der Waals surface area contributed by atoms with Gasteiger partial charge in [0.05, 0.1) is 27.4 Å². The van der Waals surface area contributed by atoms with Gasteiger partial charge in [-0.05, 0) is 31.2 Å². The number of amides is 2. The molecule has 0 atom stereocenters. The summed E-state index contributed by atoms with van der Waals surface area (Å²) in [7, 11) is 0. The number of thioether (sulfide) groups is 1. The molecule has 0 radical (unpaired) electrons. The first-order valence-corrected chi connectivity index (χ1v) is 10.7. The molecule has 4 rings (SSSR count). The highest BCUT2D eigenvalue weighted by molar-refractivity contribution is 7.98. The van der Waals surface area contributed by atoms with Crippen LogP contribution in [-0.4, -0.2) is 34.4 Å². The summed E-state index contributed by atoms with van der Waals surface area (Å²) in [6, 6.07) is 13.6. The van der Waals surface area contributed by atoms with Crippen LogP contribution >= 0.6 is 23.1 Å². The van der Waals surface area contributed by atoms with E-state index in [2.05, 4.69) is 4.98 Å². The number of hydrogen-bond donors (Lipinski definition) is 0. The Morgan fingerprint density at radius 1 is 1.07 bits per heavy atom. The van der Waals surface area contributed by atoms with Crippen LogP contribution in [0, 0.1) is 6.92 Å². The number of fused-ring (bicyclic) bond motifs is 1. The van der Waals surface area contributed by atoms with Crippen molar-refractivity contribution in [1.82, 2.24) is 9.88 Å². The first kappa shape index (κ1) is 19.4. The van der Waals surface area contributed by atoms with Crippen molar-refractivity contribution >= 4 is 40.9 Å². The number of aromatic nitrogens is 1. The van der Waals surface area contributed by atoms with Gasteiger partial charge in [0.25, 0.3) is 11.8 Å². The van der Waals surface area contributed by atoms with Gasteiger partial charge in [0, 0.05) is 16.0 Å².